The van der Waals surface area contributed by atoms with Crippen LogP contribution in [0.3, 0.4) is 0 Å². The van der Waals surface area contributed by atoms with E-state index in [-0.39, 0.29) is 17.2 Å². The number of amides is 1. The first-order valence-corrected chi connectivity index (χ1v) is 13.7. The summed E-state index contributed by atoms with van der Waals surface area (Å²) in [6.07, 6.45) is 1.07. The second-order valence-corrected chi connectivity index (χ2v) is 11.6. The van der Waals surface area contributed by atoms with Gasteiger partial charge in [0.25, 0.3) is 0 Å². The minimum Gasteiger partial charge on any atom is -0.497 e. The summed E-state index contributed by atoms with van der Waals surface area (Å²) in [6.45, 7) is 8.11. The number of pyridine rings is 1. The molecule has 4 rings (SSSR count). The quantitative estimate of drug-likeness (QED) is 0.354. The van der Waals surface area contributed by atoms with E-state index in [1.165, 1.54) is 7.11 Å². The van der Waals surface area contributed by atoms with Crippen molar-refractivity contribution in [2.45, 2.75) is 51.9 Å². The third-order valence-corrected chi connectivity index (χ3v) is 7.63. The lowest BCUT2D eigenvalue weighted by molar-refractivity contribution is 0.0454. The van der Waals surface area contributed by atoms with Crippen LogP contribution in [0.5, 0.6) is 11.5 Å². The minimum atomic E-state index is -0.577. The Morgan fingerprint density at radius 2 is 1.87 bits per heavy atom. The molecule has 1 N–H and O–H groups in total. The van der Waals surface area contributed by atoms with E-state index in [0.29, 0.717) is 49.0 Å². The van der Waals surface area contributed by atoms with Gasteiger partial charge in [0, 0.05) is 24.6 Å². The van der Waals surface area contributed by atoms with Crippen molar-refractivity contribution in [1.82, 2.24) is 10.3 Å². The number of carbonyl (C=O) groups is 2. The monoisotopic (exact) mass is 605 g/mol. The standard InChI is InChI=1S/C28H36BrN3O7/c1-27(2,3)39-26(34)30-22-16-37-17-28(22)10-12-32(13-11-28)20-14-21(24(29)31-23(20)25(33)36-5)38-15-18-6-8-19(35-4)9-7-18/h6-9,14,22H,10-13,15-17H2,1-5H3,(H,30,34)/t22-/m1/s1. The van der Waals surface area contributed by atoms with Crippen LogP contribution in [0, 0.1) is 5.41 Å². The molecular weight excluding hydrogens is 570 g/mol. The number of hydrogen-bond acceptors (Lipinski definition) is 9. The lowest BCUT2D eigenvalue weighted by atomic mass is 9.74. The first-order chi connectivity index (χ1) is 18.5. The molecule has 0 saturated carbocycles. The summed E-state index contributed by atoms with van der Waals surface area (Å²) < 4.78 is 28.0. The highest BCUT2D eigenvalue weighted by Gasteiger charge is 2.47. The smallest absolute Gasteiger partial charge is 0.407 e. The number of halogens is 1. The number of methoxy groups -OCH3 is 2. The maximum atomic E-state index is 12.7. The maximum Gasteiger partial charge on any atom is 0.407 e. The van der Waals surface area contributed by atoms with E-state index in [4.69, 9.17) is 23.7 Å². The number of esters is 1. The Bertz CT molecular complexity index is 1170. The van der Waals surface area contributed by atoms with Crippen molar-refractivity contribution in [3.8, 4) is 11.5 Å². The number of ether oxygens (including phenoxy) is 5. The van der Waals surface area contributed by atoms with Gasteiger partial charge in [-0.05, 0) is 67.2 Å². The number of nitrogens with one attached hydrogen (secondary N) is 1. The van der Waals surface area contributed by atoms with Crippen molar-refractivity contribution >= 4 is 33.7 Å². The van der Waals surface area contributed by atoms with Crippen molar-refractivity contribution in [3.63, 3.8) is 0 Å². The van der Waals surface area contributed by atoms with Crippen LogP contribution in [0.1, 0.15) is 49.7 Å². The van der Waals surface area contributed by atoms with Crippen molar-refractivity contribution in [2.75, 3.05) is 45.4 Å². The van der Waals surface area contributed by atoms with E-state index >= 15 is 0 Å². The zero-order chi connectivity index (χ0) is 28.2. The lowest BCUT2D eigenvalue weighted by Gasteiger charge is -2.43. The molecule has 0 aliphatic carbocycles. The molecule has 1 aromatic heterocycles. The van der Waals surface area contributed by atoms with Gasteiger partial charge in [0.05, 0.1) is 39.2 Å². The molecule has 0 radical (unpaired) electrons. The Morgan fingerprint density at radius 3 is 2.49 bits per heavy atom. The summed E-state index contributed by atoms with van der Waals surface area (Å²) in [5.41, 5.74) is 1.02. The van der Waals surface area contributed by atoms with Crippen LogP contribution >= 0.6 is 15.9 Å². The second kappa shape index (κ2) is 12.0. The maximum absolute atomic E-state index is 12.7. The highest BCUT2D eigenvalue weighted by Crippen LogP contribution is 2.42. The van der Waals surface area contributed by atoms with Crippen LogP contribution in [-0.2, 0) is 20.8 Å². The van der Waals surface area contributed by atoms with E-state index in [2.05, 4.69) is 31.1 Å². The first kappa shape index (κ1) is 28.9. The normalized spacial score (nSPS) is 18.5. The molecule has 2 aliphatic heterocycles. The van der Waals surface area contributed by atoms with E-state index in [1.807, 2.05) is 51.1 Å². The van der Waals surface area contributed by atoms with Gasteiger partial charge >= 0.3 is 12.1 Å². The van der Waals surface area contributed by atoms with Gasteiger partial charge in [-0.2, -0.15) is 0 Å². The molecule has 2 aliphatic rings. The number of nitrogens with zero attached hydrogens (tertiary/aromatic N) is 2. The van der Waals surface area contributed by atoms with Crippen molar-refractivity contribution in [3.05, 3.63) is 46.2 Å². The fourth-order valence-electron chi connectivity index (χ4n) is 4.92. The summed E-state index contributed by atoms with van der Waals surface area (Å²) in [6, 6.07) is 9.28. The summed E-state index contributed by atoms with van der Waals surface area (Å²) in [5.74, 6) is 0.758. The fourth-order valence-corrected chi connectivity index (χ4v) is 5.33. The SMILES string of the molecule is COC(=O)c1nc(Br)c(OCc2ccc(OC)cc2)cc1N1CCC2(CC1)COC[C@H]2NC(=O)OC(C)(C)C. The highest BCUT2D eigenvalue weighted by atomic mass is 79.9. The number of alkyl carbamates (subject to hydrolysis) is 1. The Kier molecular flexibility index (Phi) is 8.90. The number of carbonyl (C=O) groups excluding carboxylic acids is 2. The Morgan fingerprint density at radius 1 is 1.18 bits per heavy atom. The van der Waals surface area contributed by atoms with Crippen LogP contribution in [0.25, 0.3) is 0 Å². The van der Waals surface area contributed by atoms with Crippen molar-refractivity contribution < 1.29 is 33.3 Å². The summed E-state index contributed by atoms with van der Waals surface area (Å²) in [7, 11) is 2.96. The molecule has 11 heteroatoms. The molecule has 10 nitrogen and oxygen atoms in total. The molecular formula is C28H36BrN3O7. The molecule has 2 aromatic rings. The molecule has 1 spiro atoms. The average molecular weight is 607 g/mol. The van der Waals surface area contributed by atoms with E-state index in [1.54, 1.807) is 7.11 Å². The summed E-state index contributed by atoms with van der Waals surface area (Å²) in [4.78, 5) is 31.7. The first-order valence-electron chi connectivity index (χ1n) is 12.9. The van der Waals surface area contributed by atoms with E-state index < -0.39 is 17.7 Å². The molecule has 1 amide bonds. The van der Waals surface area contributed by atoms with Gasteiger partial charge in [-0.25, -0.2) is 14.6 Å². The number of hydrogen-bond donors (Lipinski definition) is 1. The fraction of sp³-hybridized carbons (Fsp3) is 0.536. The zero-order valence-electron chi connectivity index (χ0n) is 23.0. The molecule has 212 valence electrons. The topological polar surface area (TPSA) is 108 Å². The van der Waals surface area contributed by atoms with Crippen LogP contribution in [0.2, 0.25) is 0 Å². The van der Waals surface area contributed by atoms with Gasteiger partial charge in [-0.15, -0.1) is 0 Å². The Balaban J connectivity index is 1.49. The molecule has 39 heavy (non-hydrogen) atoms. The van der Waals surface area contributed by atoms with Gasteiger partial charge in [0.2, 0.25) is 0 Å². The predicted octanol–water partition coefficient (Wildman–Crippen LogP) is 4.73. The minimum absolute atomic E-state index is 0.152. The Hall–Kier alpha value is -3.05. The molecule has 1 aromatic carbocycles. The van der Waals surface area contributed by atoms with Crippen molar-refractivity contribution in [1.29, 1.82) is 0 Å². The van der Waals surface area contributed by atoms with Crippen LogP contribution in [-0.4, -0.2) is 69.2 Å². The van der Waals surface area contributed by atoms with Crippen molar-refractivity contribution in [2.24, 2.45) is 5.41 Å². The lowest BCUT2D eigenvalue weighted by Crippen LogP contribution is -2.53. The van der Waals surface area contributed by atoms with Gasteiger partial charge in [-0.3, -0.25) is 0 Å². The number of aromatic nitrogens is 1. The molecule has 0 bridgehead atoms. The van der Waals surface area contributed by atoms with Gasteiger partial charge in [0.15, 0.2) is 11.4 Å². The van der Waals surface area contributed by atoms with Crippen LogP contribution in [0.4, 0.5) is 10.5 Å². The summed E-state index contributed by atoms with van der Waals surface area (Å²) >= 11 is 3.45. The molecule has 0 unspecified atom stereocenters. The second-order valence-electron chi connectivity index (χ2n) is 10.8. The predicted molar refractivity (Wildman–Crippen MR) is 148 cm³/mol. The number of rotatable bonds is 7. The third kappa shape index (κ3) is 6.94. The van der Waals surface area contributed by atoms with Gasteiger partial charge < -0.3 is 33.9 Å². The van der Waals surface area contributed by atoms with Gasteiger partial charge in [-0.1, -0.05) is 12.1 Å². The average Bonchev–Trinajstić information content (AvgIpc) is 3.27. The zero-order valence-corrected chi connectivity index (χ0v) is 24.6. The van der Waals surface area contributed by atoms with Gasteiger partial charge in [0.1, 0.15) is 22.6 Å². The number of anilines is 1. The molecule has 1 atom stereocenters. The van der Waals surface area contributed by atoms with E-state index in [0.717, 1.165) is 24.2 Å². The number of benzene rings is 1. The molecule has 3 heterocycles. The van der Waals surface area contributed by atoms with Crippen LogP contribution in [0.15, 0.2) is 34.9 Å². The molecule has 2 saturated heterocycles. The van der Waals surface area contributed by atoms with Crippen LogP contribution < -0.4 is 19.7 Å². The highest BCUT2D eigenvalue weighted by molar-refractivity contribution is 9.10. The third-order valence-electron chi connectivity index (χ3n) is 7.06. The summed E-state index contributed by atoms with van der Waals surface area (Å²) in [5, 5.41) is 3.02. The van der Waals surface area contributed by atoms with E-state index in [9.17, 15) is 9.59 Å². The largest absolute Gasteiger partial charge is 0.497 e. The number of piperidine rings is 1. The molecule has 2 fully saturated rings. The Labute approximate surface area is 237 Å².